The summed E-state index contributed by atoms with van der Waals surface area (Å²) in [5, 5.41) is 9.67. The summed E-state index contributed by atoms with van der Waals surface area (Å²) in [5.41, 5.74) is 5.18. The predicted octanol–water partition coefficient (Wildman–Crippen LogP) is -1.44. The van der Waals surface area contributed by atoms with Gasteiger partial charge in [0.15, 0.2) is 23.7 Å². The third-order valence-electron chi connectivity index (χ3n) is 4.13. The van der Waals surface area contributed by atoms with E-state index in [0.717, 1.165) is 0 Å². The van der Waals surface area contributed by atoms with Crippen LogP contribution in [-0.4, -0.2) is 72.7 Å². The molecule has 1 aliphatic heterocycles. The van der Waals surface area contributed by atoms with Gasteiger partial charge in [-0.2, -0.15) is 4.98 Å². The van der Waals surface area contributed by atoms with Crippen LogP contribution in [0.15, 0.2) is 11.1 Å². The molecule has 2 aromatic rings. The molecule has 13 nitrogen and oxygen atoms in total. The number of imidazole rings is 1. The Balaban J connectivity index is 2.07. The van der Waals surface area contributed by atoms with Crippen molar-refractivity contribution in [3.63, 3.8) is 0 Å². The van der Waals surface area contributed by atoms with Gasteiger partial charge in [-0.1, -0.05) is 0 Å². The zero-order valence-electron chi connectivity index (χ0n) is 14.8. The number of methoxy groups -OCH3 is 1. The lowest BCUT2D eigenvalue weighted by molar-refractivity contribution is -0.179. The lowest BCUT2D eigenvalue weighted by Gasteiger charge is -2.27. The number of anilines is 1. The van der Waals surface area contributed by atoms with E-state index >= 15 is 0 Å². The molecule has 3 rings (SSSR count). The van der Waals surface area contributed by atoms with Gasteiger partial charge in [-0.05, 0) is 18.7 Å². The van der Waals surface area contributed by atoms with Gasteiger partial charge in [0.25, 0.3) is 5.56 Å². The van der Waals surface area contributed by atoms with Crippen LogP contribution in [0.5, 0.6) is 0 Å². The second-order valence-electron chi connectivity index (χ2n) is 5.99. The largest absolute Gasteiger partial charge is 0.394 e. The summed E-state index contributed by atoms with van der Waals surface area (Å²) in [6, 6.07) is 0. The van der Waals surface area contributed by atoms with Crippen molar-refractivity contribution in [2.24, 2.45) is 0 Å². The number of H-pyrrole nitrogens is 1. The van der Waals surface area contributed by atoms with Gasteiger partial charge < -0.3 is 34.8 Å². The smallest absolute Gasteiger partial charge is 0.322 e. The van der Waals surface area contributed by atoms with Crippen LogP contribution in [0, 0.1) is 0 Å². The monoisotopic (exact) mass is 437 g/mol. The van der Waals surface area contributed by atoms with Crippen molar-refractivity contribution in [1.82, 2.24) is 19.5 Å². The summed E-state index contributed by atoms with van der Waals surface area (Å²) in [6.45, 7) is -3.04. The van der Waals surface area contributed by atoms with Crippen molar-refractivity contribution in [2.75, 3.05) is 19.5 Å². The van der Waals surface area contributed by atoms with Crippen molar-refractivity contribution in [2.45, 2.75) is 37.8 Å². The van der Waals surface area contributed by atoms with Gasteiger partial charge in [-0.15, -0.1) is 0 Å². The fourth-order valence-electron chi connectivity index (χ4n) is 2.92. The van der Waals surface area contributed by atoms with Crippen LogP contribution in [0.1, 0.15) is 13.2 Å². The molecule has 1 fully saturated rings. The van der Waals surface area contributed by atoms with Gasteiger partial charge in [0.05, 0.1) is 12.9 Å². The number of nitrogens with two attached hydrogens (primary N) is 1. The normalized spacial score (nSPS) is 26.8. The van der Waals surface area contributed by atoms with E-state index in [0.29, 0.717) is 0 Å². The maximum Gasteiger partial charge on any atom is 0.322 e. The molecule has 0 aliphatic carbocycles. The third kappa shape index (κ3) is 4.25. The van der Waals surface area contributed by atoms with Crippen molar-refractivity contribution in [1.29, 1.82) is 0 Å². The SMILES string of the molecule is COC(C)O[C@@H]1[C@H](OP(O)(O)=S)[C@@H](CO)O[C@H]1n1cnc2c(=O)[nH]c(N)nc21. The van der Waals surface area contributed by atoms with E-state index in [-0.39, 0.29) is 17.1 Å². The van der Waals surface area contributed by atoms with E-state index < -0.39 is 49.7 Å². The minimum absolute atomic E-state index is 0.00990. The molecule has 156 valence electrons. The second-order valence-corrected chi connectivity index (χ2v) is 8.61. The average Bonchev–Trinajstić information content (AvgIpc) is 3.15. The molecule has 0 spiro atoms. The molecule has 1 saturated heterocycles. The molecule has 1 unspecified atom stereocenters. The Kier molecular flexibility index (Phi) is 6.14. The average molecular weight is 437 g/mol. The Hall–Kier alpha value is -1.48. The van der Waals surface area contributed by atoms with Gasteiger partial charge in [-0.25, -0.2) is 4.98 Å². The van der Waals surface area contributed by atoms with Crippen molar-refractivity contribution >= 4 is 35.6 Å². The first-order valence-electron chi connectivity index (χ1n) is 8.05. The van der Waals surface area contributed by atoms with Crippen LogP contribution >= 0.6 is 6.72 Å². The Bertz CT molecular complexity index is 947. The molecule has 15 heteroatoms. The molecular formula is C13H20N5O8PS. The van der Waals surface area contributed by atoms with Crippen LogP contribution in [0.25, 0.3) is 11.2 Å². The Morgan fingerprint density at radius 2 is 2.21 bits per heavy atom. The number of aromatic amines is 1. The number of hydrogen-bond acceptors (Lipinski definition) is 10. The third-order valence-corrected chi connectivity index (χ3v) is 4.91. The number of aromatic nitrogens is 4. The number of rotatable bonds is 7. The minimum Gasteiger partial charge on any atom is -0.394 e. The topological polar surface area (TPSA) is 187 Å². The highest BCUT2D eigenvalue weighted by molar-refractivity contribution is 8.06. The number of hydrogen-bond donors (Lipinski definition) is 5. The fraction of sp³-hybridized carbons (Fsp3) is 0.615. The van der Waals surface area contributed by atoms with E-state index in [9.17, 15) is 19.7 Å². The summed E-state index contributed by atoms with van der Waals surface area (Å²) in [5.74, 6) is -0.132. The predicted molar refractivity (Wildman–Crippen MR) is 98.5 cm³/mol. The minimum atomic E-state index is -4.12. The van der Waals surface area contributed by atoms with Gasteiger partial charge in [-0.3, -0.25) is 18.9 Å². The maximum absolute atomic E-state index is 12.0. The lowest BCUT2D eigenvalue weighted by Crippen LogP contribution is -2.39. The number of ether oxygens (including phenoxy) is 3. The summed E-state index contributed by atoms with van der Waals surface area (Å²) in [4.78, 5) is 41.6. The first-order valence-corrected chi connectivity index (χ1v) is 10.7. The van der Waals surface area contributed by atoms with Crippen molar-refractivity contribution < 1.29 is 33.6 Å². The first-order chi connectivity index (χ1) is 13.1. The molecule has 0 radical (unpaired) electrons. The number of aliphatic hydroxyl groups is 1. The van der Waals surface area contributed by atoms with Crippen LogP contribution in [0.2, 0.25) is 0 Å². The van der Waals surface area contributed by atoms with Crippen molar-refractivity contribution in [3.8, 4) is 0 Å². The van der Waals surface area contributed by atoms with Crippen LogP contribution in [0.3, 0.4) is 0 Å². The highest BCUT2D eigenvalue weighted by Crippen LogP contribution is 2.45. The highest BCUT2D eigenvalue weighted by Gasteiger charge is 2.50. The van der Waals surface area contributed by atoms with Crippen LogP contribution in [-0.2, 0) is 30.5 Å². The van der Waals surface area contributed by atoms with Gasteiger partial charge in [0, 0.05) is 7.11 Å². The van der Waals surface area contributed by atoms with E-state index in [2.05, 4.69) is 26.8 Å². The number of nitrogen functional groups attached to an aromatic ring is 1. The Morgan fingerprint density at radius 1 is 1.50 bits per heavy atom. The van der Waals surface area contributed by atoms with E-state index in [1.165, 1.54) is 18.0 Å². The van der Waals surface area contributed by atoms with Gasteiger partial charge in [0.2, 0.25) is 5.95 Å². The second kappa shape index (κ2) is 8.10. The quantitative estimate of drug-likeness (QED) is 0.251. The van der Waals surface area contributed by atoms with E-state index in [1.54, 1.807) is 6.92 Å². The number of fused-ring (bicyclic) bond motifs is 1. The fourth-order valence-corrected chi connectivity index (χ4v) is 3.79. The molecule has 0 aromatic carbocycles. The zero-order valence-corrected chi connectivity index (χ0v) is 16.5. The molecule has 0 saturated carbocycles. The number of aliphatic hydroxyl groups excluding tert-OH is 1. The van der Waals surface area contributed by atoms with E-state index in [4.69, 9.17) is 24.5 Å². The van der Waals surface area contributed by atoms with Crippen molar-refractivity contribution in [3.05, 3.63) is 16.7 Å². The van der Waals surface area contributed by atoms with Gasteiger partial charge in [0.1, 0.15) is 18.3 Å². The molecule has 1 aliphatic rings. The maximum atomic E-state index is 12.0. The molecular weight excluding hydrogens is 417 g/mol. The Labute approximate surface area is 163 Å². The molecule has 0 amide bonds. The first kappa shape index (κ1) is 21.2. The molecule has 3 heterocycles. The number of nitrogens with zero attached hydrogens (tertiary/aromatic N) is 3. The highest BCUT2D eigenvalue weighted by atomic mass is 32.5. The summed E-state index contributed by atoms with van der Waals surface area (Å²) in [6.07, 6.45) is -3.66. The molecule has 5 atom stereocenters. The van der Waals surface area contributed by atoms with Gasteiger partial charge >= 0.3 is 6.72 Å². The molecule has 28 heavy (non-hydrogen) atoms. The van der Waals surface area contributed by atoms with E-state index in [1.807, 2.05) is 0 Å². The molecule has 6 N–H and O–H groups in total. The standard InChI is InChI=1S/C13H20N5O8PS/c1-5(23-2)24-9-8(26-27(21,22)28)6(3-19)25-12(9)18-4-15-7-10(18)16-13(14)17-11(7)20/h4-6,8-9,12,19H,3H2,1-2H3,(H2,21,22,28)(H3,14,16,17,20)/t5?,6-,8-,9-,12-/m1/s1. The summed E-state index contributed by atoms with van der Waals surface area (Å²) >= 11 is 4.55. The molecule has 0 bridgehead atoms. The number of nitrogens with one attached hydrogen (secondary N) is 1. The Morgan fingerprint density at radius 3 is 2.82 bits per heavy atom. The summed E-state index contributed by atoms with van der Waals surface area (Å²) in [7, 11) is 1.41. The molecule has 2 aromatic heterocycles. The summed E-state index contributed by atoms with van der Waals surface area (Å²) < 4.78 is 23.2. The van der Waals surface area contributed by atoms with Crippen LogP contribution < -0.4 is 11.3 Å². The van der Waals surface area contributed by atoms with Crippen LogP contribution in [0.4, 0.5) is 5.95 Å². The lowest BCUT2D eigenvalue weighted by atomic mass is 10.1. The zero-order chi connectivity index (χ0) is 20.6.